The van der Waals surface area contributed by atoms with E-state index in [1.807, 2.05) is 25.6 Å². The molecule has 0 saturated heterocycles. The Hall–Kier alpha value is -0.590. The number of hydrogen-bond donors (Lipinski definition) is 2. The summed E-state index contributed by atoms with van der Waals surface area (Å²) in [5.41, 5.74) is 6.20. The number of nitrogens with one attached hydrogen (secondary N) is 1. The summed E-state index contributed by atoms with van der Waals surface area (Å²) in [7, 11) is 0. The summed E-state index contributed by atoms with van der Waals surface area (Å²) in [6.45, 7) is 6.02. The van der Waals surface area contributed by atoms with Crippen molar-refractivity contribution in [3.05, 3.63) is 16.1 Å². The summed E-state index contributed by atoms with van der Waals surface area (Å²) < 4.78 is 0. The monoisotopic (exact) mass is 287 g/mol. The van der Waals surface area contributed by atoms with Crippen LogP contribution in [-0.4, -0.2) is 28.4 Å². The van der Waals surface area contributed by atoms with Crippen LogP contribution in [0.2, 0.25) is 0 Å². The molecule has 0 aromatic carbocycles. The molecule has 2 unspecified atom stereocenters. The average molecular weight is 287 g/mol. The van der Waals surface area contributed by atoms with Gasteiger partial charge in [0.2, 0.25) is 0 Å². The van der Waals surface area contributed by atoms with Gasteiger partial charge in [-0.25, -0.2) is 4.98 Å². The van der Waals surface area contributed by atoms with Crippen molar-refractivity contribution in [1.29, 1.82) is 0 Å². The van der Waals surface area contributed by atoms with Gasteiger partial charge in [-0.05, 0) is 31.8 Å². The lowest BCUT2D eigenvalue weighted by atomic mass is 10.2. The first-order valence-corrected chi connectivity index (χ1v) is 8.17. The summed E-state index contributed by atoms with van der Waals surface area (Å²) in [6, 6.07) is 0.0620. The molecule has 0 aliphatic carbocycles. The predicted octanol–water partition coefficient (Wildman–Crippen LogP) is 2.42. The van der Waals surface area contributed by atoms with Crippen molar-refractivity contribution < 1.29 is 4.79 Å². The van der Waals surface area contributed by atoms with Crippen molar-refractivity contribution in [2.45, 2.75) is 39.3 Å². The smallest absolute Gasteiger partial charge is 0.270 e. The summed E-state index contributed by atoms with van der Waals surface area (Å²) >= 11 is 3.32. The van der Waals surface area contributed by atoms with Gasteiger partial charge < -0.3 is 11.1 Å². The number of thioether (sulfide) groups is 1. The molecule has 1 aromatic heterocycles. The summed E-state index contributed by atoms with van der Waals surface area (Å²) in [5, 5.41) is 5.52. The van der Waals surface area contributed by atoms with Crippen molar-refractivity contribution in [2.75, 3.05) is 11.5 Å². The molecule has 0 radical (unpaired) electrons. The Kier molecular flexibility index (Phi) is 6.67. The number of amides is 1. The zero-order chi connectivity index (χ0) is 13.5. The molecule has 6 heteroatoms. The van der Waals surface area contributed by atoms with Crippen LogP contribution in [0.5, 0.6) is 0 Å². The molecule has 1 aromatic rings. The highest BCUT2D eigenvalue weighted by atomic mass is 32.2. The van der Waals surface area contributed by atoms with E-state index in [-0.39, 0.29) is 18.0 Å². The fourth-order valence-corrected chi connectivity index (χ4v) is 2.94. The molecule has 0 saturated carbocycles. The van der Waals surface area contributed by atoms with Crippen LogP contribution in [-0.2, 0) is 0 Å². The van der Waals surface area contributed by atoms with E-state index in [1.165, 1.54) is 11.3 Å². The number of carbonyl (C=O) groups excluding carboxylic acids is 1. The zero-order valence-electron chi connectivity index (χ0n) is 11.1. The van der Waals surface area contributed by atoms with Gasteiger partial charge in [0.25, 0.3) is 5.91 Å². The Labute approximate surface area is 117 Å². The van der Waals surface area contributed by atoms with Gasteiger partial charge >= 0.3 is 0 Å². The Morgan fingerprint density at radius 3 is 2.89 bits per heavy atom. The lowest BCUT2D eigenvalue weighted by Gasteiger charge is -2.12. The molecule has 1 rings (SSSR count). The van der Waals surface area contributed by atoms with E-state index in [2.05, 4.69) is 17.2 Å². The van der Waals surface area contributed by atoms with Crippen LogP contribution in [0.1, 0.15) is 48.7 Å². The predicted molar refractivity (Wildman–Crippen MR) is 79.3 cm³/mol. The van der Waals surface area contributed by atoms with Gasteiger partial charge in [-0.3, -0.25) is 4.79 Å². The average Bonchev–Trinajstić information content (AvgIpc) is 2.78. The maximum Gasteiger partial charge on any atom is 0.270 e. The number of carbonyl (C=O) groups is 1. The van der Waals surface area contributed by atoms with Crippen LogP contribution in [0.25, 0.3) is 0 Å². The third kappa shape index (κ3) is 4.96. The Bertz CT molecular complexity index is 379. The van der Waals surface area contributed by atoms with E-state index in [0.717, 1.165) is 22.9 Å². The molecular formula is C12H21N3OS2. The largest absolute Gasteiger partial charge is 0.348 e. The Morgan fingerprint density at radius 1 is 1.61 bits per heavy atom. The molecule has 2 atom stereocenters. The summed E-state index contributed by atoms with van der Waals surface area (Å²) in [5.74, 6) is 2.08. The van der Waals surface area contributed by atoms with E-state index >= 15 is 0 Å². The number of aromatic nitrogens is 1. The van der Waals surface area contributed by atoms with Crippen LogP contribution in [0.4, 0.5) is 0 Å². The highest BCUT2D eigenvalue weighted by molar-refractivity contribution is 7.99. The van der Waals surface area contributed by atoms with Crippen molar-refractivity contribution in [3.8, 4) is 0 Å². The second-order valence-corrected chi connectivity index (χ2v) is 6.50. The van der Waals surface area contributed by atoms with Gasteiger partial charge in [0.15, 0.2) is 0 Å². The van der Waals surface area contributed by atoms with Crippen LogP contribution < -0.4 is 11.1 Å². The molecule has 4 nitrogen and oxygen atoms in total. The maximum absolute atomic E-state index is 11.9. The topological polar surface area (TPSA) is 68.0 Å². The lowest BCUT2D eigenvalue weighted by molar-refractivity contribution is 0.0935. The SMILES string of the molecule is CCSCCC(C)NC(=O)c1csc(C(C)N)n1. The molecule has 1 amide bonds. The van der Waals surface area contributed by atoms with E-state index in [9.17, 15) is 4.79 Å². The molecule has 1 heterocycles. The summed E-state index contributed by atoms with van der Waals surface area (Å²) in [4.78, 5) is 16.1. The van der Waals surface area contributed by atoms with Gasteiger partial charge in [0, 0.05) is 11.4 Å². The van der Waals surface area contributed by atoms with Gasteiger partial charge in [-0.1, -0.05) is 6.92 Å². The zero-order valence-corrected chi connectivity index (χ0v) is 12.7. The first-order valence-electron chi connectivity index (χ1n) is 6.14. The van der Waals surface area contributed by atoms with Gasteiger partial charge in [0.05, 0.1) is 6.04 Å². The highest BCUT2D eigenvalue weighted by Gasteiger charge is 2.14. The minimum Gasteiger partial charge on any atom is -0.348 e. The van der Waals surface area contributed by atoms with Gasteiger partial charge in [0.1, 0.15) is 10.7 Å². The molecule has 102 valence electrons. The van der Waals surface area contributed by atoms with Gasteiger partial charge in [-0.2, -0.15) is 11.8 Å². The van der Waals surface area contributed by atoms with Crippen LogP contribution in [0.15, 0.2) is 5.38 Å². The molecule has 3 N–H and O–H groups in total. The number of hydrogen-bond acceptors (Lipinski definition) is 5. The molecule has 0 spiro atoms. The molecule has 0 aliphatic rings. The van der Waals surface area contributed by atoms with Crippen molar-refractivity contribution in [2.24, 2.45) is 5.73 Å². The Morgan fingerprint density at radius 2 is 2.33 bits per heavy atom. The second-order valence-electron chi connectivity index (χ2n) is 4.22. The number of thiazole rings is 1. The molecule has 0 bridgehead atoms. The molecular weight excluding hydrogens is 266 g/mol. The van der Waals surface area contributed by atoms with E-state index < -0.39 is 0 Å². The van der Waals surface area contributed by atoms with Crippen molar-refractivity contribution in [1.82, 2.24) is 10.3 Å². The highest BCUT2D eigenvalue weighted by Crippen LogP contribution is 2.16. The van der Waals surface area contributed by atoms with Crippen molar-refractivity contribution >= 4 is 29.0 Å². The Balaban J connectivity index is 2.43. The third-order valence-corrected chi connectivity index (χ3v) is 4.40. The third-order valence-electron chi connectivity index (χ3n) is 2.42. The molecule has 0 aliphatic heterocycles. The maximum atomic E-state index is 11.9. The van der Waals surface area contributed by atoms with E-state index in [0.29, 0.717) is 5.69 Å². The normalized spacial score (nSPS) is 14.2. The van der Waals surface area contributed by atoms with Crippen molar-refractivity contribution in [3.63, 3.8) is 0 Å². The first kappa shape index (κ1) is 15.5. The fourth-order valence-electron chi connectivity index (χ4n) is 1.38. The van der Waals surface area contributed by atoms with Gasteiger partial charge in [-0.15, -0.1) is 11.3 Å². The molecule has 18 heavy (non-hydrogen) atoms. The quantitative estimate of drug-likeness (QED) is 0.756. The minimum absolute atomic E-state index is 0.104. The minimum atomic E-state index is -0.116. The number of nitrogens with zero attached hydrogens (tertiary/aromatic N) is 1. The number of rotatable bonds is 7. The van der Waals surface area contributed by atoms with Crippen LogP contribution in [0, 0.1) is 0 Å². The van der Waals surface area contributed by atoms with Crippen LogP contribution in [0.3, 0.4) is 0 Å². The van der Waals surface area contributed by atoms with Crippen LogP contribution >= 0.6 is 23.1 Å². The first-order chi connectivity index (χ1) is 8.54. The van der Waals surface area contributed by atoms with E-state index in [4.69, 9.17) is 5.73 Å². The summed E-state index contributed by atoms with van der Waals surface area (Å²) in [6.07, 6.45) is 0.981. The van der Waals surface area contributed by atoms with E-state index in [1.54, 1.807) is 5.38 Å². The lowest BCUT2D eigenvalue weighted by Crippen LogP contribution is -2.33. The molecule has 0 fully saturated rings. The number of nitrogens with two attached hydrogens (primary N) is 1. The fraction of sp³-hybridized carbons (Fsp3) is 0.667. The second kappa shape index (κ2) is 7.76. The standard InChI is InChI=1S/C12H21N3OS2/c1-4-17-6-5-8(2)14-11(16)10-7-18-12(15-10)9(3)13/h7-9H,4-6,13H2,1-3H3,(H,14,16).